The molecule has 2 aromatic heterocycles. The van der Waals surface area contributed by atoms with E-state index in [0.717, 1.165) is 4.31 Å². The Kier molecular flexibility index (Phi) is 5.61. The van der Waals surface area contributed by atoms with Gasteiger partial charge < -0.3 is 5.32 Å². The van der Waals surface area contributed by atoms with Crippen molar-refractivity contribution in [3.8, 4) is 11.3 Å². The van der Waals surface area contributed by atoms with Crippen LogP contribution < -0.4 is 5.32 Å². The van der Waals surface area contributed by atoms with Crippen molar-refractivity contribution in [3.63, 3.8) is 0 Å². The number of hydrogen-bond donors (Lipinski definition) is 1. The molecule has 2 aromatic carbocycles. The Morgan fingerprint density at radius 2 is 1.84 bits per heavy atom. The van der Waals surface area contributed by atoms with Crippen molar-refractivity contribution in [2.45, 2.75) is 18.7 Å². The predicted molar refractivity (Wildman–Crippen MR) is 123 cm³/mol. The Morgan fingerprint density at radius 3 is 2.50 bits per heavy atom. The summed E-state index contributed by atoms with van der Waals surface area (Å²) in [5.41, 5.74) is 2.63. The molecule has 1 amide bonds. The zero-order chi connectivity index (χ0) is 23.2. The number of amides is 1. The highest BCUT2D eigenvalue weighted by molar-refractivity contribution is 7.89. The van der Waals surface area contributed by atoms with E-state index in [1.54, 1.807) is 42.6 Å². The van der Waals surface area contributed by atoms with Crippen molar-refractivity contribution >= 4 is 38.0 Å². The van der Waals surface area contributed by atoms with Crippen LogP contribution in [0.2, 0.25) is 0 Å². The molecule has 4 aromatic rings. The Balaban J connectivity index is 1.79. The highest BCUT2D eigenvalue weighted by Crippen LogP contribution is 2.32. The maximum Gasteiger partial charge on any atom is 0.256 e. The van der Waals surface area contributed by atoms with E-state index in [-0.39, 0.29) is 16.3 Å². The number of nitrogens with zero attached hydrogens (tertiary/aromatic N) is 3. The Bertz CT molecular complexity index is 1440. The summed E-state index contributed by atoms with van der Waals surface area (Å²) in [6.45, 7) is 3.48. The first-order valence-electron chi connectivity index (χ1n) is 9.66. The fourth-order valence-corrected chi connectivity index (χ4v) is 5.25. The minimum atomic E-state index is -3.73. The molecule has 0 aliphatic heterocycles. The van der Waals surface area contributed by atoms with Gasteiger partial charge in [-0.3, -0.25) is 9.20 Å². The number of carbonyl (C=O) groups is 1. The summed E-state index contributed by atoms with van der Waals surface area (Å²) in [5, 5.41) is 4.71. The number of aryl methyl sites for hydroxylation is 1. The average molecular weight is 473 g/mol. The van der Waals surface area contributed by atoms with E-state index in [9.17, 15) is 17.6 Å². The molecule has 4 rings (SSSR count). The number of anilines is 1. The van der Waals surface area contributed by atoms with Gasteiger partial charge in [0.15, 0.2) is 4.96 Å². The number of halogens is 1. The van der Waals surface area contributed by atoms with Gasteiger partial charge in [0.2, 0.25) is 10.0 Å². The van der Waals surface area contributed by atoms with Gasteiger partial charge in [-0.15, -0.1) is 11.3 Å². The smallest absolute Gasteiger partial charge is 0.256 e. The van der Waals surface area contributed by atoms with E-state index in [1.807, 2.05) is 5.38 Å². The van der Waals surface area contributed by atoms with Crippen LogP contribution in [0.4, 0.5) is 10.2 Å². The summed E-state index contributed by atoms with van der Waals surface area (Å²) < 4.78 is 41.8. The number of imidazole rings is 1. The van der Waals surface area contributed by atoms with Crippen LogP contribution in [0.1, 0.15) is 21.5 Å². The fraction of sp³-hybridized carbons (Fsp3) is 0.182. The molecule has 166 valence electrons. The normalized spacial score (nSPS) is 11.9. The van der Waals surface area contributed by atoms with Crippen molar-refractivity contribution < 1.29 is 17.6 Å². The Labute approximate surface area is 189 Å². The van der Waals surface area contributed by atoms with Crippen LogP contribution in [0, 0.1) is 19.7 Å². The molecule has 0 fully saturated rings. The molecule has 0 aliphatic carbocycles. The quantitative estimate of drug-likeness (QED) is 0.469. The number of benzene rings is 2. The van der Waals surface area contributed by atoms with Crippen LogP contribution in [0.5, 0.6) is 0 Å². The first-order valence-corrected chi connectivity index (χ1v) is 12.0. The minimum absolute atomic E-state index is 0.0837. The van der Waals surface area contributed by atoms with Crippen LogP contribution in [-0.4, -0.2) is 42.1 Å². The second-order valence-corrected chi connectivity index (χ2v) is 10.5. The summed E-state index contributed by atoms with van der Waals surface area (Å²) in [7, 11) is -0.828. The summed E-state index contributed by atoms with van der Waals surface area (Å²) in [5.74, 6) is -0.419. The lowest BCUT2D eigenvalue weighted by molar-refractivity contribution is 0.102. The summed E-state index contributed by atoms with van der Waals surface area (Å²) in [6.07, 6.45) is 1.78. The number of thiazole rings is 1. The molecule has 1 N–H and O–H groups in total. The molecule has 7 nitrogen and oxygen atoms in total. The molecule has 0 unspecified atom stereocenters. The lowest BCUT2D eigenvalue weighted by Crippen LogP contribution is -2.24. The molecule has 32 heavy (non-hydrogen) atoms. The number of hydrogen-bond acceptors (Lipinski definition) is 5. The monoisotopic (exact) mass is 472 g/mol. The van der Waals surface area contributed by atoms with E-state index in [0.29, 0.717) is 33.2 Å². The predicted octanol–water partition coefficient (Wildman–Crippen LogP) is 4.32. The largest absolute Gasteiger partial charge is 0.306 e. The molecular weight excluding hydrogens is 451 g/mol. The number of nitrogens with one attached hydrogen (secondary N) is 1. The van der Waals surface area contributed by atoms with Crippen LogP contribution in [0.15, 0.2) is 52.9 Å². The highest BCUT2D eigenvalue weighted by atomic mass is 32.2. The maximum atomic E-state index is 13.4. The van der Waals surface area contributed by atoms with Crippen LogP contribution >= 0.6 is 11.3 Å². The van der Waals surface area contributed by atoms with Gasteiger partial charge in [0.1, 0.15) is 17.3 Å². The minimum Gasteiger partial charge on any atom is -0.306 e. The second-order valence-electron chi connectivity index (χ2n) is 7.53. The fourth-order valence-electron chi connectivity index (χ4n) is 3.32. The highest BCUT2D eigenvalue weighted by Gasteiger charge is 2.24. The van der Waals surface area contributed by atoms with Crippen LogP contribution in [0.25, 0.3) is 16.2 Å². The van der Waals surface area contributed by atoms with E-state index >= 15 is 0 Å². The third-order valence-corrected chi connectivity index (χ3v) is 7.95. The molecular formula is C22H21FN4O3S2. The lowest BCUT2D eigenvalue weighted by atomic mass is 10.1. The van der Waals surface area contributed by atoms with Crippen molar-refractivity contribution in [1.82, 2.24) is 13.7 Å². The second kappa shape index (κ2) is 8.12. The SMILES string of the molecule is Cc1cc(C(=O)Nc2c(-c3ccc(F)cc3)nc3sccn23)cc(S(=O)(=O)N(C)C)c1C. The summed E-state index contributed by atoms with van der Waals surface area (Å²) in [4.78, 5) is 18.5. The molecule has 0 spiro atoms. The van der Waals surface area contributed by atoms with Gasteiger partial charge in [0.25, 0.3) is 5.91 Å². The number of rotatable bonds is 5. The molecule has 10 heteroatoms. The van der Waals surface area contributed by atoms with Gasteiger partial charge >= 0.3 is 0 Å². The molecule has 2 heterocycles. The number of fused-ring (bicyclic) bond motifs is 1. The first-order chi connectivity index (χ1) is 15.1. The van der Waals surface area contributed by atoms with Gasteiger partial charge in [-0.2, -0.15) is 0 Å². The molecule has 0 saturated carbocycles. The van der Waals surface area contributed by atoms with E-state index in [2.05, 4.69) is 10.3 Å². The lowest BCUT2D eigenvalue weighted by Gasteiger charge is -2.16. The third-order valence-electron chi connectivity index (χ3n) is 5.25. The molecule has 0 atom stereocenters. The summed E-state index contributed by atoms with van der Waals surface area (Å²) in [6, 6.07) is 8.88. The van der Waals surface area contributed by atoms with Crippen molar-refractivity contribution in [2.24, 2.45) is 0 Å². The number of aromatic nitrogens is 2. The van der Waals surface area contributed by atoms with Gasteiger partial charge in [-0.25, -0.2) is 22.1 Å². The van der Waals surface area contributed by atoms with E-state index in [4.69, 9.17) is 0 Å². The average Bonchev–Trinajstić information content (AvgIpc) is 3.33. The molecule has 0 radical (unpaired) electrons. The zero-order valence-electron chi connectivity index (χ0n) is 17.9. The van der Waals surface area contributed by atoms with Crippen molar-refractivity contribution in [1.29, 1.82) is 0 Å². The number of sulfonamides is 1. The molecule has 0 bridgehead atoms. The zero-order valence-corrected chi connectivity index (χ0v) is 19.5. The topological polar surface area (TPSA) is 83.8 Å². The van der Waals surface area contributed by atoms with E-state index in [1.165, 1.54) is 43.6 Å². The molecule has 0 saturated heterocycles. The van der Waals surface area contributed by atoms with Gasteiger partial charge in [0, 0.05) is 36.8 Å². The van der Waals surface area contributed by atoms with E-state index < -0.39 is 15.9 Å². The standard InChI is InChI=1S/C22H21FN4O3S2/c1-13-11-16(12-18(14(13)2)32(29,30)26(3)4)21(28)25-20-19(15-5-7-17(23)8-6-15)24-22-27(20)9-10-31-22/h5-12H,1-4H3,(H,25,28). The molecule has 0 aliphatic rings. The Hall–Kier alpha value is -3.08. The maximum absolute atomic E-state index is 13.4. The van der Waals surface area contributed by atoms with Crippen molar-refractivity contribution in [3.05, 3.63) is 70.5 Å². The van der Waals surface area contributed by atoms with Crippen LogP contribution in [0.3, 0.4) is 0 Å². The first kappa shape index (κ1) is 22.1. The van der Waals surface area contributed by atoms with Gasteiger partial charge in [-0.05, 0) is 61.4 Å². The van der Waals surface area contributed by atoms with Crippen LogP contribution in [-0.2, 0) is 10.0 Å². The van der Waals surface area contributed by atoms with Gasteiger partial charge in [-0.1, -0.05) is 0 Å². The number of carbonyl (C=O) groups excluding carboxylic acids is 1. The summed E-state index contributed by atoms with van der Waals surface area (Å²) >= 11 is 1.40. The Morgan fingerprint density at radius 1 is 1.16 bits per heavy atom. The van der Waals surface area contributed by atoms with Crippen molar-refractivity contribution in [2.75, 3.05) is 19.4 Å². The van der Waals surface area contributed by atoms with Gasteiger partial charge in [0.05, 0.1) is 4.90 Å². The third kappa shape index (κ3) is 3.81.